The number of anilines is 1. The van der Waals surface area contributed by atoms with Gasteiger partial charge in [0.1, 0.15) is 0 Å². The third kappa shape index (κ3) is 3.89. The van der Waals surface area contributed by atoms with Gasteiger partial charge in [-0.25, -0.2) is 4.68 Å². The maximum Gasteiger partial charge on any atom is 0.273 e. The Kier molecular flexibility index (Phi) is 5.36. The predicted molar refractivity (Wildman–Crippen MR) is 117 cm³/mol. The van der Waals surface area contributed by atoms with Crippen LogP contribution in [-0.4, -0.2) is 20.9 Å². The van der Waals surface area contributed by atoms with Crippen molar-refractivity contribution in [3.05, 3.63) is 75.9 Å². The van der Waals surface area contributed by atoms with E-state index in [9.17, 15) is 4.79 Å². The molecule has 0 aliphatic rings. The van der Waals surface area contributed by atoms with Gasteiger partial charge in [-0.05, 0) is 34.5 Å². The first-order valence-corrected chi connectivity index (χ1v) is 10.1. The minimum atomic E-state index is -0.730. The number of nitrogen functional groups attached to an aromatic ring is 1. The molecule has 6 nitrogen and oxygen atoms in total. The minimum absolute atomic E-state index is 0.0645. The Bertz CT molecular complexity index is 1210. The van der Waals surface area contributed by atoms with Gasteiger partial charge >= 0.3 is 0 Å². The van der Waals surface area contributed by atoms with Gasteiger partial charge in [-0.2, -0.15) is 0 Å². The van der Waals surface area contributed by atoms with Crippen molar-refractivity contribution in [3.63, 3.8) is 0 Å². The number of fused-ring (bicyclic) bond motifs is 1. The highest BCUT2D eigenvalue weighted by Gasteiger charge is 2.16. The molecular formula is C20H15Cl2N5OS. The number of nitrogens with zero attached hydrogens (tertiary/aromatic N) is 3. The van der Waals surface area contributed by atoms with Crippen LogP contribution in [0, 0.1) is 0 Å². The molecule has 4 aromatic rings. The molecule has 3 aromatic carbocycles. The van der Waals surface area contributed by atoms with E-state index in [4.69, 9.17) is 34.7 Å². The van der Waals surface area contributed by atoms with Crippen LogP contribution >= 0.6 is 35.0 Å². The number of carbonyl (C=O) groups is 1. The molecule has 4 N–H and O–H groups in total. The van der Waals surface area contributed by atoms with E-state index in [2.05, 4.69) is 28.5 Å². The van der Waals surface area contributed by atoms with Crippen LogP contribution in [0.15, 0.2) is 64.4 Å². The third-order valence-electron chi connectivity index (χ3n) is 4.36. The second-order valence-electron chi connectivity index (χ2n) is 6.31. The summed E-state index contributed by atoms with van der Waals surface area (Å²) in [6, 6.07) is 17.8. The van der Waals surface area contributed by atoms with Crippen LogP contribution in [0.1, 0.15) is 16.1 Å². The number of halogens is 2. The lowest BCUT2D eigenvalue weighted by Crippen LogP contribution is -2.15. The van der Waals surface area contributed by atoms with E-state index in [1.54, 1.807) is 12.1 Å². The van der Waals surface area contributed by atoms with Crippen molar-refractivity contribution in [2.45, 2.75) is 16.3 Å². The van der Waals surface area contributed by atoms with Crippen molar-refractivity contribution < 1.29 is 4.79 Å². The normalized spacial score (nSPS) is 11.1. The summed E-state index contributed by atoms with van der Waals surface area (Å²) in [6.45, 7) is 0.255. The lowest BCUT2D eigenvalue weighted by molar-refractivity contribution is 0.0996. The van der Waals surface area contributed by atoms with Crippen LogP contribution in [-0.2, 0) is 6.54 Å². The molecule has 0 saturated carbocycles. The second kappa shape index (κ2) is 7.94. The predicted octanol–water partition coefficient (Wildman–Crippen LogP) is 4.62. The molecule has 0 saturated heterocycles. The van der Waals surface area contributed by atoms with Crippen LogP contribution in [0.25, 0.3) is 10.8 Å². The molecule has 4 rings (SSSR count). The molecule has 0 fully saturated rings. The number of aromatic nitrogens is 3. The number of rotatable bonds is 5. The fraction of sp³-hybridized carbons (Fsp3) is 0.0500. The standard InChI is InChI=1S/C20H15Cl2N5OS/c21-14-8-11(10-27-19(23)17(20(24)28)25-26-27)9-15(22)18(14)29-16-7-3-5-12-4-1-2-6-13(12)16/h1-9H,10,23H2,(H2,24,28). The number of hydrogen-bond acceptors (Lipinski definition) is 5. The lowest BCUT2D eigenvalue weighted by Gasteiger charge is -2.12. The Hall–Kier alpha value is -2.74. The zero-order valence-electron chi connectivity index (χ0n) is 15.0. The maximum atomic E-state index is 11.3. The summed E-state index contributed by atoms with van der Waals surface area (Å²) >= 11 is 14.6. The summed E-state index contributed by atoms with van der Waals surface area (Å²) in [7, 11) is 0. The van der Waals surface area contributed by atoms with E-state index < -0.39 is 5.91 Å². The van der Waals surface area contributed by atoms with Crippen LogP contribution in [0.3, 0.4) is 0 Å². The molecule has 0 radical (unpaired) electrons. The molecular weight excluding hydrogens is 429 g/mol. The highest BCUT2D eigenvalue weighted by atomic mass is 35.5. The molecule has 1 aromatic heterocycles. The molecule has 0 atom stereocenters. The van der Waals surface area contributed by atoms with Crippen LogP contribution in [0.4, 0.5) is 5.82 Å². The average Bonchev–Trinajstić information content (AvgIpc) is 3.05. The van der Waals surface area contributed by atoms with Crippen LogP contribution < -0.4 is 11.5 Å². The SMILES string of the molecule is NC(=O)c1nnn(Cc2cc(Cl)c(Sc3cccc4ccccc34)c(Cl)c2)c1N. The Morgan fingerprint density at radius 1 is 1.07 bits per heavy atom. The van der Waals surface area contributed by atoms with E-state index in [1.807, 2.05) is 24.3 Å². The zero-order valence-corrected chi connectivity index (χ0v) is 17.3. The number of nitrogens with two attached hydrogens (primary N) is 2. The molecule has 1 heterocycles. The molecule has 0 aliphatic heterocycles. The molecule has 0 aliphatic carbocycles. The van der Waals surface area contributed by atoms with Gasteiger partial charge in [-0.3, -0.25) is 4.79 Å². The molecule has 146 valence electrons. The first-order chi connectivity index (χ1) is 13.9. The number of amides is 1. The average molecular weight is 444 g/mol. The quantitative estimate of drug-likeness (QED) is 0.468. The van der Waals surface area contributed by atoms with Gasteiger partial charge < -0.3 is 11.5 Å². The topological polar surface area (TPSA) is 99.8 Å². The van der Waals surface area contributed by atoms with Gasteiger partial charge in [0.25, 0.3) is 5.91 Å². The first-order valence-electron chi connectivity index (χ1n) is 8.56. The van der Waals surface area contributed by atoms with Crippen molar-refractivity contribution >= 4 is 57.5 Å². The Morgan fingerprint density at radius 3 is 2.45 bits per heavy atom. The minimum Gasteiger partial charge on any atom is -0.382 e. The van der Waals surface area contributed by atoms with Crippen molar-refractivity contribution in [1.29, 1.82) is 0 Å². The van der Waals surface area contributed by atoms with Crippen LogP contribution in [0.2, 0.25) is 10.0 Å². The van der Waals surface area contributed by atoms with Crippen LogP contribution in [0.5, 0.6) is 0 Å². The van der Waals surface area contributed by atoms with Gasteiger partial charge in [0.15, 0.2) is 11.5 Å². The number of hydrogen-bond donors (Lipinski definition) is 2. The van der Waals surface area contributed by atoms with Crippen molar-refractivity contribution in [3.8, 4) is 0 Å². The summed E-state index contributed by atoms with van der Waals surface area (Å²) in [6.07, 6.45) is 0. The largest absolute Gasteiger partial charge is 0.382 e. The molecule has 29 heavy (non-hydrogen) atoms. The molecule has 9 heteroatoms. The van der Waals surface area contributed by atoms with Gasteiger partial charge in [-0.1, -0.05) is 76.6 Å². The fourth-order valence-corrected chi connectivity index (χ4v) is 4.72. The highest BCUT2D eigenvalue weighted by molar-refractivity contribution is 7.99. The first kappa shape index (κ1) is 19.6. The number of benzene rings is 3. The monoisotopic (exact) mass is 443 g/mol. The van der Waals surface area contributed by atoms with Gasteiger partial charge in [0.05, 0.1) is 16.6 Å². The third-order valence-corrected chi connectivity index (χ3v) is 6.40. The Morgan fingerprint density at radius 2 is 1.76 bits per heavy atom. The summed E-state index contributed by atoms with van der Waals surface area (Å²) in [5.74, 6) is -0.634. The molecule has 0 spiro atoms. The van der Waals surface area contributed by atoms with Gasteiger partial charge in [0, 0.05) is 9.79 Å². The second-order valence-corrected chi connectivity index (χ2v) is 8.18. The van der Waals surface area contributed by atoms with Crippen molar-refractivity contribution in [2.75, 3.05) is 5.73 Å². The Labute approximate surface area is 180 Å². The summed E-state index contributed by atoms with van der Waals surface area (Å²) < 4.78 is 1.37. The Balaban J connectivity index is 1.65. The van der Waals surface area contributed by atoms with E-state index in [-0.39, 0.29) is 18.1 Å². The number of primary amides is 1. The zero-order chi connectivity index (χ0) is 20.5. The van der Waals surface area contributed by atoms with E-state index in [0.717, 1.165) is 26.1 Å². The van der Waals surface area contributed by atoms with E-state index >= 15 is 0 Å². The van der Waals surface area contributed by atoms with E-state index in [0.29, 0.717) is 10.0 Å². The summed E-state index contributed by atoms with van der Waals surface area (Å²) in [5.41, 5.74) is 11.8. The lowest BCUT2D eigenvalue weighted by atomic mass is 10.1. The number of carbonyl (C=O) groups excluding carboxylic acids is 1. The van der Waals surface area contributed by atoms with Gasteiger partial charge in [-0.15, -0.1) is 5.10 Å². The summed E-state index contributed by atoms with van der Waals surface area (Å²) in [5, 5.41) is 10.9. The fourth-order valence-electron chi connectivity index (χ4n) is 2.98. The highest BCUT2D eigenvalue weighted by Crippen LogP contribution is 2.41. The summed E-state index contributed by atoms with van der Waals surface area (Å²) in [4.78, 5) is 13.1. The molecule has 1 amide bonds. The molecule has 0 unspecified atom stereocenters. The van der Waals surface area contributed by atoms with Crippen molar-refractivity contribution in [1.82, 2.24) is 15.0 Å². The molecule has 0 bridgehead atoms. The van der Waals surface area contributed by atoms with Crippen molar-refractivity contribution in [2.24, 2.45) is 5.73 Å². The maximum absolute atomic E-state index is 11.3. The van der Waals surface area contributed by atoms with Gasteiger partial charge in [0.2, 0.25) is 0 Å². The smallest absolute Gasteiger partial charge is 0.273 e. The van der Waals surface area contributed by atoms with E-state index in [1.165, 1.54) is 16.4 Å².